The van der Waals surface area contributed by atoms with Crippen LogP contribution in [-0.2, 0) is 4.74 Å². The Bertz CT molecular complexity index is 1120. The van der Waals surface area contributed by atoms with Crippen molar-refractivity contribution in [3.63, 3.8) is 0 Å². The van der Waals surface area contributed by atoms with Crippen molar-refractivity contribution in [1.82, 2.24) is 29.8 Å². The van der Waals surface area contributed by atoms with Crippen LogP contribution in [0.15, 0.2) is 40.8 Å². The van der Waals surface area contributed by atoms with Crippen LogP contribution in [0.5, 0.6) is 0 Å². The van der Waals surface area contributed by atoms with Gasteiger partial charge in [-0.3, -0.25) is 0 Å². The third kappa shape index (κ3) is 3.26. The maximum Gasteiger partial charge on any atom is 0.379 e. The van der Waals surface area contributed by atoms with Crippen molar-refractivity contribution in [2.75, 3.05) is 0 Å². The number of nitrogens with zero attached hydrogens (tertiary/aromatic N) is 6. The van der Waals surface area contributed by atoms with E-state index in [1.807, 2.05) is 50.2 Å². The summed E-state index contributed by atoms with van der Waals surface area (Å²) in [4.78, 5) is 20.8. The van der Waals surface area contributed by atoms with Gasteiger partial charge in [-0.15, -0.1) is 15.3 Å². The second-order valence-corrected chi connectivity index (χ2v) is 6.05. The van der Waals surface area contributed by atoms with Crippen LogP contribution in [0.3, 0.4) is 0 Å². The molecule has 9 heteroatoms. The summed E-state index contributed by atoms with van der Waals surface area (Å²) in [5.41, 5.74) is 2.40. The fourth-order valence-corrected chi connectivity index (χ4v) is 2.61. The molecule has 0 fully saturated rings. The molecule has 0 bridgehead atoms. The van der Waals surface area contributed by atoms with E-state index < -0.39 is 12.1 Å². The second kappa shape index (κ2) is 6.60. The van der Waals surface area contributed by atoms with Crippen molar-refractivity contribution in [1.29, 1.82) is 0 Å². The number of hydrogen-bond donors (Lipinski definition) is 0. The molecule has 4 rings (SSSR count). The Morgan fingerprint density at radius 3 is 2.70 bits per heavy atom. The molecule has 0 saturated carbocycles. The first-order valence-corrected chi connectivity index (χ1v) is 8.32. The van der Waals surface area contributed by atoms with E-state index >= 15 is 0 Å². The number of aromatic nitrogens is 6. The Morgan fingerprint density at radius 2 is 1.93 bits per heavy atom. The average molecular weight is 364 g/mol. The molecule has 3 heterocycles. The van der Waals surface area contributed by atoms with Gasteiger partial charge in [-0.2, -0.15) is 4.98 Å². The Labute approximate surface area is 154 Å². The van der Waals surface area contributed by atoms with E-state index in [-0.39, 0.29) is 11.7 Å². The van der Waals surface area contributed by atoms with Gasteiger partial charge in [0, 0.05) is 17.0 Å². The molecule has 136 valence electrons. The van der Waals surface area contributed by atoms with Crippen LogP contribution >= 0.6 is 0 Å². The van der Waals surface area contributed by atoms with Crippen LogP contribution < -0.4 is 0 Å². The topological polar surface area (TPSA) is 108 Å². The summed E-state index contributed by atoms with van der Waals surface area (Å²) in [5.74, 6) is 0.123. The number of carbonyl (C=O) groups is 1. The Kier molecular flexibility index (Phi) is 4.11. The van der Waals surface area contributed by atoms with Crippen molar-refractivity contribution < 1.29 is 13.9 Å². The number of rotatable bonds is 4. The molecule has 0 radical (unpaired) electrons. The smallest absolute Gasteiger partial charge is 0.379 e. The largest absolute Gasteiger partial charge is 0.447 e. The number of ether oxygens (including phenoxy) is 1. The van der Waals surface area contributed by atoms with Gasteiger partial charge >= 0.3 is 5.97 Å². The van der Waals surface area contributed by atoms with Gasteiger partial charge in [0.25, 0.3) is 17.5 Å². The maximum absolute atomic E-state index is 12.4. The first kappa shape index (κ1) is 16.8. The van der Waals surface area contributed by atoms with Crippen LogP contribution in [0.4, 0.5) is 0 Å². The number of hydrogen-bond acceptors (Lipinski definition) is 8. The predicted molar refractivity (Wildman–Crippen MR) is 93.8 cm³/mol. The summed E-state index contributed by atoms with van der Waals surface area (Å²) < 4.78 is 12.5. The third-order valence-electron chi connectivity index (χ3n) is 3.89. The fraction of sp³-hybridized carbons (Fsp3) is 0.222. The highest BCUT2D eigenvalue weighted by Crippen LogP contribution is 2.22. The van der Waals surface area contributed by atoms with Crippen LogP contribution in [0.25, 0.3) is 17.2 Å². The lowest BCUT2D eigenvalue weighted by atomic mass is 10.2. The zero-order valence-corrected chi connectivity index (χ0v) is 14.9. The van der Waals surface area contributed by atoms with Crippen molar-refractivity contribution in [2.24, 2.45) is 0 Å². The van der Waals surface area contributed by atoms with Gasteiger partial charge in [0.15, 0.2) is 6.10 Å². The minimum absolute atomic E-state index is 0.0779. The van der Waals surface area contributed by atoms with E-state index in [0.29, 0.717) is 11.7 Å². The molecule has 1 aromatic carbocycles. The summed E-state index contributed by atoms with van der Waals surface area (Å²) in [6, 6.07) is 11.2. The van der Waals surface area contributed by atoms with Crippen molar-refractivity contribution >= 4 is 11.7 Å². The highest BCUT2D eigenvalue weighted by Gasteiger charge is 2.23. The van der Waals surface area contributed by atoms with Gasteiger partial charge in [0.1, 0.15) is 0 Å². The summed E-state index contributed by atoms with van der Waals surface area (Å²) in [6.07, 6.45) is -0.745. The molecule has 0 spiro atoms. The van der Waals surface area contributed by atoms with Crippen molar-refractivity contribution in [3.05, 3.63) is 59.5 Å². The van der Waals surface area contributed by atoms with Crippen molar-refractivity contribution in [3.8, 4) is 11.5 Å². The van der Waals surface area contributed by atoms with Crippen LogP contribution in [0.1, 0.15) is 40.9 Å². The third-order valence-corrected chi connectivity index (χ3v) is 3.89. The summed E-state index contributed by atoms with van der Waals surface area (Å²) in [6.45, 7) is 5.35. The highest BCUT2D eigenvalue weighted by atomic mass is 16.6. The minimum Gasteiger partial charge on any atom is -0.447 e. The highest BCUT2D eigenvalue weighted by molar-refractivity contribution is 5.85. The lowest BCUT2D eigenvalue weighted by Crippen LogP contribution is -2.11. The molecule has 0 aliphatic carbocycles. The molecule has 3 aromatic heterocycles. The molecule has 0 N–H and O–H groups in total. The molecule has 4 aromatic rings. The second-order valence-electron chi connectivity index (χ2n) is 6.05. The summed E-state index contributed by atoms with van der Waals surface area (Å²) >= 11 is 0. The zero-order chi connectivity index (χ0) is 19.0. The van der Waals surface area contributed by atoms with E-state index in [0.717, 1.165) is 17.0 Å². The molecule has 0 saturated heterocycles. The Hall–Kier alpha value is -3.62. The average Bonchev–Trinajstić information content (AvgIpc) is 3.30. The molecule has 1 unspecified atom stereocenters. The minimum atomic E-state index is -0.745. The number of aryl methyl sites for hydroxylation is 2. The van der Waals surface area contributed by atoms with E-state index in [1.165, 1.54) is 4.52 Å². The first-order valence-electron chi connectivity index (χ1n) is 8.32. The fourth-order valence-electron chi connectivity index (χ4n) is 2.61. The zero-order valence-electron chi connectivity index (χ0n) is 14.9. The Balaban J connectivity index is 1.53. The summed E-state index contributed by atoms with van der Waals surface area (Å²) in [7, 11) is 0. The van der Waals surface area contributed by atoms with Gasteiger partial charge < -0.3 is 9.15 Å². The van der Waals surface area contributed by atoms with Gasteiger partial charge in [-0.1, -0.05) is 18.2 Å². The van der Waals surface area contributed by atoms with Crippen LogP contribution in [0.2, 0.25) is 0 Å². The van der Waals surface area contributed by atoms with Gasteiger partial charge in [0.05, 0.1) is 0 Å². The van der Waals surface area contributed by atoms with E-state index in [9.17, 15) is 4.79 Å². The monoisotopic (exact) mass is 364 g/mol. The molecule has 0 aliphatic heterocycles. The standard InChI is InChI=1S/C18H16N6O3/c1-10-9-11(2)24-18(19-10)20-14(23-24)17(25)26-12(3)15-21-22-16(27-15)13-7-5-4-6-8-13/h4-9,12H,1-3H3. The van der Waals surface area contributed by atoms with Crippen LogP contribution in [-0.4, -0.2) is 35.7 Å². The predicted octanol–water partition coefficient (Wildman–Crippen LogP) is 2.71. The lowest BCUT2D eigenvalue weighted by molar-refractivity contribution is 0.0266. The number of carbonyl (C=O) groups excluding carboxylic acids is 1. The number of fused-ring (bicyclic) bond motifs is 1. The van der Waals surface area contributed by atoms with Gasteiger partial charge in [-0.05, 0) is 39.0 Å². The normalized spacial score (nSPS) is 12.3. The SMILES string of the molecule is Cc1cc(C)n2nc(C(=O)OC(C)c3nnc(-c4ccccc4)o3)nc2n1. The van der Waals surface area contributed by atoms with Crippen molar-refractivity contribution in [2.45, 2.75) is 26.9 Å². The Morgan fingerprint density at radius 1 is 1.15 bits per heavy atom. The van der Waals surface area contributed by atoms with Gasteiger partial charge in [0.2, 0.25) is 5.89 Å². The maximum atomic E-state index is 12.4. The van der Waals surface area contributed by atoms with E-state index in [2.05, 4.69) is 25.3 Å². The molecule has 0 aliphatic rings. The molecule has 1 atom stereocenters. The summed E-state index contributed by atoms with van der Waals surface area (Å²) in [5, 5.41) is 12.1. The molecular weight excluding hydrogens is 348 g/mol. The first-order chi connectivity index (χ1) is 13.0. The quantitative estimate of drug-likeness (QED) is 0.509. The molecule has 9 nitrogen and oxygen atoms in total. The number of benzene rings is 1. The molecule has 0 amide bonds. The van der Waals surface area contributed by atoms with E-state index in [1.54, 1.807) is 6.92 Å². The van der Waals surface area contributed by atoms with Gasteiger partial charge in [-0.25, -0.2) is 14.3 Å². The number of esters is 1. The molecular formula is C18H16N6O3. The van der Waals surface area contributed by atoms with E-state index in [4.69, 9.17) is 9.15 Å². The lowest BCUT2D eigenvalue weighted by Gasteiger charge is -2.06. The van der Waals surface area contributed by atoms with Crippen LogP contribution in [0, 0.1) is 13.8 Å². The molecule has 27 heavy (non-hydrogen) atoms.